The Kier molecular flexibility index (Phi) is 3.92. The Bertz CT molecular complexity index is 1110. The first-order chi connectivity index (χ1) is 13.7. The molecule has 0 amide bonds. The lowest BCUT2D eigenvalue weighted by Crippen LogP contribution is -2.47. The SMILES string of the molecule is Cc1nc2ncnn2c(N2CCN(c3cccc(-n4ccnc4)n3)CC2)c1C. The minimum atomic E-state index is 0.648. The second-order valence-electron chi connectivity index (χ2n) is 6.92. The normalized spacial score (nSPS) is 14.8. The summed E-state index contributed by atoms with van der Waals surface area (Å²) in [5.74, 6) is 3.59. The van der Waals surface area contributed by atoms with Crippen LogP contribution in [0, 0.1) is 13.8 Å². The van der Waals surface area contributed by atoms with E-state index in [0.29, 0.717) is 5.78 Å². The molecule has 0 N–H and O–H groups in total. The van der Waals surface area contributed by atoms with Crippen LogP contribution in [0.2, 0.25) is 0 Å². The summed E-state index contributed by atoms with van der Waals surface area (Å²) in [6.07, 6.45) is 6.99. The van der Waals surface area contributed by atoms with E-state index in [1.54, 1.807) is 18.9 Å². The lowest BCUT2D eigenvalue weighted by Gasteiger charge is -2.37. The largest absolute Gasteiger partial charge is 0.353 e. The number of anilines is 2. The van der Waals surface area contributed by atoms with Gasteiger partial charge in [0.1, 0.15) is 30.1 Å². The summed E-state index contributed by atoms with van der Waals surface area (Å²) < 4.78 is 3.76. The van der Waals surface area contributed by atoms with Crippen LogP contribution in [0.4, 0.5) is 11.6 Å². The number of nitrogens with zero attached hydrogens (tertiary/aromatic N) is 9. The molecule has 1 aliphatic rings. The van der Waals surface area contributed by atoms with E-state index in [0.717, 1.165) is 54.9 Å². The van der Waals surface area contributed by atoms with Crippen molar-refractivity contribution in [3.05, 3.63) is 54.5 Å². The molecule has 5 heterocycles. The van der Waals surface area contributed by atoms with Gasteiger partial charge in [0.15, 0.2) is 0 Å². The van der Waals surface area contributed by atoms with E-state index >= 15 is 0 Å². The van der Waals surface area contributed by atoms with Crippen LogP contribution in [0.3, 0.4) is 0 Å². The maximum Gasteiger partial charge on any atom is 0.254 e. The van der Waals surface area contributed by atoms with Crippen molar-refractivity contribution in [1.82, 2.24) is 34.1 Å². The molecular formula is C19H21N9. The second kappa shape index (κ2) is 6.59. The Labute approximate surface area is 162 Å². The van der Waals surface area contributed by atoms with Crippen molar-refractivity contribution < 1.29 is 0 Å². The minimum absolute atomic E-state index is 0.648. The van der Waals surface area contributed by atoms with Crippen LogP contribution < -0.4 is 9.80 Å². The third-order valence-electron chi connectivity index (χ3n) is 5.27. The van der Waals surface area contributed by atoms with Crippen LogP contribution in [-0.4, -0.2) is 60.3 Å². The van der Waals surface area contributed by atoms with Crippen molar-refractivity contribution >= 4 is 17.4 Å². The van der Waals surface area contributed by atoms with Gasteiger partial charge >= 0.3 is 0 Å². The summed E-state index contributed by atoms with van der Waals surface area (Å²) in [4.78, 5) is 22.4. The van der Waals surface area contributed by atoms with Crippen molar-refractivity contribution in [2.75, 3.05) is 36.0 Å². The number of aryl methyl sites for hydroxylation is 1. The summed E-state index contributed by atoms with van der Waals surface area (Å²) in [6, 6.07) is 6.10. The summed E-state index contributed by atoms with van der Waals surface area (Å²) in [7, 11) is 0. The summed E-state index contributed by atoms with van der Waals surface area (Å²) >= 11 is 0. The zero-order chi connectivity index (χ0) is 19.1. The molecule has 0 bridgehead atoms. The van der Waals surface area contributed by atoms with Gasteiger partial charge < -0.3 is 9.80 Å². The van der Waals surface area contributed by atoms with E-state index in [-0.39, 0.29) is 0 Å². The number of pyridine rings is 1. The first-order valence-electron chi connectivity index (χ1n) is 9.33. The van der Waals surface area contributed by atoms with Gasteiger partial charge in [-0.15, -0.1) is 0 Å². The van der Waals surface area contributed by atoms with Gasteiger partial charge in [0, 0.05) is 49.8 Å². The maximum atomic E-state index is 4.80. The van der Waals surface area contributed by atoms with E-state index in [2.05, 4.69) is 42.8 Å². The molecule has 142 valence electrons. The molecule has 0 saturated carbocycles. The van der Waals surface area contributed by atoms with Crippen LogP contribution in [0.1, 0.15) is 11.3 Å². The highest BCUT2D eigenvalue weighted by Gasteiger charge is 2.23. The molecule has 1 saturated heterocycles. The number of aromatic nitrogens is 7. The zero-order valence-electron chi connectivity index (χ0n) is 15.9. The van der Waals surface area contributed by atoms with Crippen molar-refractivity contribution in [1.29, 1.82) is 0 Å². The molecular weight excluding hydrogens is 354 g/mol. The summed E-state index contributed by atoms with van der Waals surface area (Å²) in [5.41, 5.74) is 2.14. The second-order valence-corrected chi connectivity index (χ2v) is 6.92. The van der Waals surface area contributed by atoms with E-state index in [1.807, 2.05) is 34.3 Å². The average Bonchev–Trinajstić information content (AvgIpc) is 3.41. The maximum absolute atomic E-state index is 4.80. The molecule has 0 unspecified atom stereocenters. The first kappa shape index (κ1) is 16.7. The Balaban J connectivity index is 1.39. The molecule has 1 fully saturated rings. The minimum Gasteiger partial charge on any atom is -0.353 e. The standard InChI is InChI=1S/C19H21N9/c1-14-15(2)23-19-21-12-22-28(19)18(14)26-10-8-25(9-11-26)16-4-3-5-17(24-16)27-7-6-20-13-27/h3-7,12-13H,8-11H2,1-2H3. The molecule has 0 aromatic carbocycles. The van der Waals surface area contributed by atoms with Gasteiger partial charge in [-0.25, -0.2) is 15.0 Å². The third kappa shape index (κ3) is 2.75. The van der Waals surface area contributed by atoms with E-state index in [9.17, 15) is 0 Å². The fourth-order valence-electron chi connectivity index (χ4n) is 3.66. The zero-order valence-corrected chi connectivity index (χ0v) is 15.9. The molecule has 0 radical (unpaired) electrons. The molecule has 0 aliphatic carbocycles. The molecule has 28 heavy (non-hydrogen) atoms. The van der Waals surface area contributed by atoms with Crippen LogP contribution >= 0.6 is 0 Å². The van der Waals surface area contributed by atoms with Gasteiger partial charge in [0.2, 0.25) is 0 Å². The Morgan fingerprint density at radius 3 is 2.50 bits per heavy atom. The average molecular weight is 375 g/mol. The first-order valence-corrected chi connectivity index (χ1v) is 9.33. The summed E-state index contributed by atoms with van der Waals surface area (Å²) in [6.45, 7) is 7.66. The molecule has 9 heteroatoms. The highest BCUT2D eigenvalue weighted by atomic mass is 15.4. The summed E-state index contributed by atoms with van der Waals surface area (Å²) in [5, 5.41) is 4.38. The highest BCUT2D eigenvalue weighted by Crippen LogP contribution is 2.25. The number of fused-ring (bicyclic) bond motifs is 1. The molecule has 9 nitrogen and oxygen atoms in total. The topological polar surface area (TPSA) is 80.3 Å². The molecule has 5 rings (SSSR count). The lowest BCUT2D eigenvalue weighted by molar-refractivity contribution is 0.630. The monoisotopic (exact) mass is 375 g/mol. The predicted octanol–water partition coefficient (Wildman–Crippen LogP) is 1.65. The highest BCUT2D eigenvalue weighted by molar-refractivity contribution is 5.55. The smallest absolute Gasteiger partial charge is 0.254 e. The van der Waals surface area contributed by atoms with E-state index in [1.165, 1.54) is 0 Å². The lowest BCUT2D eigenvalue weighted by atomic mass is 10.2. The number of hydrogen-bond donors (Lipinski definition) is 0. The Morgan fingerprint density at radius 1 is 0.929 bits per heavy atom. The van der Waals surface area contributed by atoms with Crippen LogP contribution in [0.25, 0.3) is 11.6 Å². The van der Waals surface area contributed by atoms with Crippen LogP contribution in [-0.2, 0) is 0 Å². The molecule has 4 aromatic rings. The van der Waals surface area contributed by atoms with Gasteiger partial charge in [-0.05, 0) is 26.0 Å². The number of hydrogen-bond acceptors (Lipinski definition) is 7. The van der Waals surface area contributed by atoms with E-state index < -0.39 is 0 Å². The molecule has 0 atom stereocenters. The fraction of sp³-hybridized carbons (Fsp3) is 0.316. The van der Waals surface area contributed by atoms with Crippen molar-refractivity contribution in [3.63, 3.8) is 0 Å². The van der Waals surface area contributed by atoms with Crippen LogP contribution in [0.15, 0.2) is 43.2 Å². The predicted molar refractivity (Wildman–Crippen MR) is 106 cm³/mol. The van der Waals surface area contributed by atoms with Crippen molar-refractivity contribution in [2.24, 2.45) is 0 Å². The van der Waals surface area contributed by atoms with E-state index in [4.69, 9.17) is 4.98 Å². The van der Waals surface area contributed by atoms with Crippen molar-refractivity contribution in [2.45, 2.75) is 13.8 Å². The van der Waals surface area contributed by atoms with Gasteiger partial charge in [0.25, 0.3) is 5.78 Å². The van der Waals surface area contributed by atoms with Gasteiger partial charge in [-0.2, -0.15) is 14.6 Å². The Hall–Kier alpha value is -3.49. The number of rotatable bonds is 3. The fourth-order valence-corrected chi connectivity index (χ4v) is 3.66. The molecule has 0 spiro atoms. The third-order valence-corrected chi connectivity index (χ3v) is 5.27. The van der Waals surface area contributed by atoms with Crippen LogP contribution in [0.5, 0.6) is 0 Å². The molecule has 4 aromatic heterocycles. The molecule has 1 aliphatic heterocycles. The van der Waals surface area contributed by atoms with Gasteiger partial charge in [-0.3, -0.25) is 4.57 Å². The number of piperazine rings is 1. The number of imidazole rings is 1. The van der Waals surface area contributed by atoms with Gasteiger partial charge in [-0.1, -0.05) is 6.07 Å². The Morgan fingerprint density at radius 2 is 1.71 bits per heavy atom. The van der Waals surface area contributed by atoms with Crippen molar-refractivity contribution in [3.8, 4) is 5.82 Å². The quantitative estimate of drug-likeness (QED) is 0.539. The van der Waals surface area contributed by atoms with Gasteiger partial charge in [0.05, 0.1) is 0 Å².